The van der Waals surface area contributed by atoms with E-state index in [1.54, 1.807) is 0 Å². The zero-order valence-corrected chi connectivity index (χ0v) is 16.7. The van der Waals surface area contributed by atoms with Gasteiger partial charge in [0.05, 0.1) is 6.61 Å². The molecule has 1 N–H and O–H groups in total. The number of fused-ring (bicyclic) bond motifs is 1. The first kappa shape index (κ1) is 19.0. The standard InChI is InChI=1S/C22H34N2O3/c1-18(12-19-4-5-20-21(13-19)27-17-26-20)14-23-10-6-22(16-25,7-11-23)15-24-8-2-3-9-24/h4-5,13,18,25H,2-3,6-12,14-17H2,1H3. The predicted molar refractivity (Wildman–Crippen MR) is 106 cm³/mol. The number of rotatable bonds is 7. The molecule has 1 unspecified atom stereocenters. The maximum Gasteiger partial charge on any atom is 0.231 e. The van der Waals surface area contributed by atoms with Crippen LogP contribution in [-0.4, -0.2) is 67.6 Å². The summed E-state index contributed by atoms with van der Waals surface area (Å²) < 4.78 is 10.9. The summed E-state index contributed by atoms with van der Waals surface area (Å²) in [4.78, 5) is 5.16. The number of piperidine rings is 1. The lowest BCUT2D eigenvalue weighted by Crippen LogP contribution is -2.48. The Morgan fingerprint density at radius 3 is 2.52 bits per heavy atom. The highest BCUT2D eigenvalue weighted by Crippen LogP contribution is 2.35. The molecule has 4 rings (SSSR count). The van der Waals surface area contributed by atoms with Crippen molar-refractivity contribution < 1.29 is 14.6 Å². The molecule has 1 aromatic rings. The van der Waals surface area contributed by atoms with Gasteiger partial charge in [0.25, 0.3) is 0 Å². The Bertz CT molecular complexity index is 622. The molecule has 150 valence electrons. The maximum atomic E-state index is 10.1. The number of hydrogen-bond acceptors (Lipinski definition) is 5. The number of ether oxygens (including phenoxy) is 2. The molecule has 3 aliphatic rings. The maximum absolute atomic E-state index is 10.1. The van der Waals surface area contributed by atoms with Gasteiger partial charge in [-0.25, -0.2) is 0 Å². The number of likely N-dealkylation sites (tertiary alicyclic amines) is 2. The van der Waals surface area contributed by atoms with Crippen LogP contribution < -0.4 is 9.47 Å². The van der Waals surface area contributed by atoms with Crippen molar-refractivity contribution in [2.45, 2.75) is 39.0 Å². The summed E-state index contributed by atoms with van der Waals surface area (Å²) in [6.07, 6.45) is 5.95. The Morgan fingerprint density at radius 2 is 1.78 bits per heavy atom. The lowest BCUT2D eigenvalue weighted by Gasteiger charge is -2.43. The smallest absolute Gasteiger partial charge is 0.231 e. The fourth-order valence-corrected chi connectivity index (χ4v) is 4.97. The summed E-state index contributed by atoms with van der Waals surface area (Å²) in [5.41, 5.74) is 1.45. The average molecular weight is 375 g/mol. The molecule has 0 radical (unpaired) electrons. The Hall–Kier alpha value is -1.30. The number of aliphatic hydroxyl groups excluding tert-OH is 1. The van der Waals surface area contributed by atoms with Gasteiger partial charge in [0.15, 0.2) is 11.5 Å². The van der Waals surface area contributed by atoms with Gasteiger partial charge in [-0.1, -0.05) is 13.0 Å². The van der Waals surface area contributed by atoms with Crippen molar-refractivity contribution in [1.82, 2.24) is 9.80 Å². The van der Waals surface area contributed by atoms with Crippen molar-refractivity contribution in [3.63, 3.8) is 0 Å². The van der Waals surface area contributed by atoms with Crippen LogP contribution in [0.1, 0.15) is 38.2 Å². The predicted octanol–water partition coefficient (Wildman–Crippen LogP) is 2.76. The minimum atomic E-state index is 0.126. The van der Waals surface area contributed by atoms with Gasteiger partial charge >= 0.3 is 0 Å². The largest absolute Gasteiger partial charge is 0.454 e. The summed E-state index contributed by atoms with van der Waals surface area (Å²) in [6.45, 7) is 9.89. The molecule has 5 nitrogen and oxygen atoms in total. The molecular weight excluding hydrogens is 340 g/mol. The SMILES string of the molecule is CC(Cc1ccc2c(c1)OCO2)CN1CCC(CO)(CN2CCCC2)CC1. The second kappa shape index (κ2) is 8.38. The molecule has 0 aromatic heterocycles. The van der Waals surface area contributed by atoms with E-state index in [0.29, 0.717) is 19.3 Å². The van der Waals surface area contributed by atoms with E-state index in [1.165, 1.54) is 31.5 Å². The topological polar surface area (TPSA) is 45.2 Å². The highest BCUT2D eigenvalue weighted by Gasteiger charge is 2.36. The molecule has 3 aliphatic heterocycles. The summed E-state index contributed by atoms with van der Waals surface area (Å²) in [6, 6.07) is 6.31. The first-order valence-electron chi connectivity index (χ1n) is 10.6. The Kier molecular flexibility index (Phi) is 5.90. The highest BCUT2D eigenvalue weighted by atomic mass is 16.7. The third-order valence-corrected chi connectivity index (χ3v) is 6.60. The van der Waals surface area contributed by atoms with Gasteiger partial charge < -0.3 is 24.4 Å². The van der Waals surface area contributed by atoms with E-state index in [-0.39, 0.29) is 5.41 Å². The van der Waals surface area contributed by atoms with Crippen LogP contribution in [0, 0.1) is 11.3 Å². The summed E-state index contributed by atoms with van der Waals surface area (Å²) in [5.74, 6) is 2.35. The van der Waals surface area contributed by atoms with E-state index in [1.807, 2.05) is 6.07 Å². The summed E-state index contributed by atoms with van der Waals surface area (Å²) >= 11 is 0. The summed E-state index contributed by atoms with van der Waals surface area (Å²) in [7, 11) is 0. The molecule has 1 aromatic carbocycles. The van der Waals surface area contributed by atoms with E-state index in [4.69, 9.17) is 9.47 Å². The van der Waals surface area contributed by atoms with Crippen molar-refractivity contribution in [3.8, 4) is 11.5 Å². The fraction of sp³-hybridized carbons (Fsp3) is 0.727. The second-order valence-corrected chi connectivity index (χ2v) is 8.94. The van der Waals surface area contributed by atoms with Gasteiger partial charge in [-0.05, 0) is 81.9 Å². The molecule has 2 fully saturated rings. The molecule has 5 heteroatoms. The quantitative estimate of drug-likeness (QED) is 0.795. The molecule has 2 saturated heterocycles. The Morgan fingerprint density at radius 1 is 1.04 bits per heavy atom. The molecule has 0 saturated carbocycles. The molecule has 0 aliphatic carbocycles. The third kappa shape index (κ3) is 4.58. The van der Waals surface area contributed by atoms with Gasteiger partial charge in [-0.15, -0.1) is 0 Å². The zero-order chi connectivity index (χ0) is 18.7. The first-order chi connectivity index (χ1) is 13.2. The van der Waals surface area contributed by atoms with Crippen LogP contribution in [0.4, 0.5) is 0 Å². The number of hydrogen-bond donors (Lipinski definition) is 1. The number of nitrogens with zero attached hydrogens (tertiary/aromatic N) is 2. The van der Waals surface area contributed by atoms with Crippen LogP contribution in [0.2, 0.25) is 0 Å². The molecule has 0 amide bonds. The third-order valence-electron chi connectivity index (χ3n) is 6.60. The van der Waals surface area contributed by atoms with Gasteiger partial charge in [0.2, 0.25) is 6.79 Å². The zero-order valence-electron chi connectivity index (χ0n) is 16.7. The van der Waals surface area contributed by atoms with Crippen LogP contribution in [-0.2, 0) is 6.42 Å². The van der Waals surface area contributed by atoms with Crippen molar-refractivity contribution >= 4 is 0 Å². The normalized spacial score (nSPS) is 23.6. The molecule has 0 spiro atoms. The van der Waals surface area contributed by atoms with Crippen molar-refractivity contribution in [2.75, 3.05) is 52.7 Å². The van der Waals surface area contributed by atoms with E-state index in [9.17, 15) is 5.11 Å². The van der Waals surface area contributed by atoms with Gasteiger partial charge in [-0.3, -0.25) is 0 Å². The van der Waals surface area contributed by atoms with Crippen molar-refractivity contribution in [3.05, 3.63) is 23.8 Å². The Labute approximate surface area is 163 Å². The van der Waals surface area contributed by atoms with Crippen molar-refractivity contribution in [1.29, 1.82) is 0 Å². The lowest BCUT2D eigenvalue weighted by atomic mass is 9.78. The number of aliphatic hydroxyl groups is 1. The second-order valence-electron chi connectivity index (χ2n) is 8.94. The first-order valence-corrected chi connectivity index (χ1v) is 10.6. The average Bonchev–Trinajstić information content (AvgIpc) is 3.34. The van der Waals surface area contributed by atoms with E-state index >= 15 is 0 Å². The van der Waals surface area contributed by atoms with E-state index in [2.05, 4.69) is 28.9 Å². The Balaban J connectivity index is 1.25. The van der Waals surface area contributed by atoms with Crippen LogP contribution in [0.15, 0.2) is 18.2 Å². The van der Waals surface area contributed by atoms with Crippen LogP contribution in [0.5, 0.6) is 11.5 Å². The van der Waals surface area contributed by atoms with Crippen molar-refractivity contribution in [2.24, 2.45) is 11.3 Å². The van der Waals surface area contributed by atoms with Crippen LogP contribution >= 0.6 is 0 Å². The van der Waals surface area contributed by atoms with Gasteiger partial charge in [0, 0.05) is 18.5 Å². The molecule has 27 heavy (non-hydrogen) atoms. The van der Waals surface area contributed by atoms with Gasteiger partial charge in [-0.2, -0.15) is 0 Å². The molecule has 0 bridgehead atoms. The molecule has 1 atom stereocenters. The minimum absolute atomic E-state index is 0.126. The molecule has 3 heterocycles. The highest BCUT2D eigenvalue weighted by molar-refractivity contribution is 5.44. The van der Waals surface area contributed by atoms with Gasteiger partial charge in [0.1, 0.15) is 0 Å². The van der Waals surface area contributed by atoms with E-state index in [0.717, 1.165) is 56.9 Å². The van der Waals surface area contributed by atoms with Crippen LogP contribution in [0.25, 0.3) is 0 Å². The minimum Gasteiger partial charge on any atom is -0.454 e. The lowest BCUT2D eigenvalue weighted by molar-refractivity contribution is 0.0152. The monoisotopic (exact) mass is 374 g/mol. The molecular formula is C22H34N2O3. The van der Waals surface area contributed by atoms with Crippen LogP contribution in [0.3, 0.4) is 0 Å². The fourth-order valence-electron chi connectivity index (χ4n) is 4.97. The van der Waals surface area contributed by atoms with E-state index < -0.39 is 0 Å². The summed E-state index contributed by atoms with van der Waals surface area (Å²) in [5, 5.41) is 10.1. The number of benzene rings is 1.